The van der Waals surface area contributed by atoms with Crippen molar-refractivity contribution < 1.29 is 9.47 Å². The molecule has 0 aliphatic carbocycles. The number of ether oxygens (including phenoxy) is 2. The monoisotopic (exact) mass is 215 g/mol. The molecular formula is C10H14ClNO2. The van der Waals surface area contributed by atoms with Crippen molar-refractivity contribution in [3.8, 4) is 11.5 Å². The predicted molar refractivity (Wildman–Crippen MR) is 57.2 cm³/mol. The molecule has 1 unspecified atom stereocenters. The molecule has 1 aromatic carbocycles. The number of methoxy groups -OCH3 is 2. The zero-order valence-electron chi connectivity index (χ0n) is 8.50. The Morgan fingerprint density at radius 1 is 1.29 bits per heavy atom. The third kappa shape index (κ3) is 2.11. The third-order valence-corrected chi connectivity index (χ3v) is 2.18. The molecule has 2 N–H and O–H groups in total. The molecule has 0 spiro atoms. The van der Waals surface area contributed by atoms with Crippen LogP contribution in [-0.2, 0) is 0 Å². The summed E-state index contributed by atoms with van der Waals surface area (Å²) in [5, 5.41) is 0.593. The van der Waals surface area contributed by atoms with E-state index in [2.05, 4.69) is 0 Å². The topological polar surface area (TPSA) is 44.5 Å². The summed E-state index contributed by atoms with van der Waals surface area (Å²) in [5.74, 6) is 1.25. The van der Waals surface area contributed by atoms with E-state index in [1.165, 1.54) is 0 Å². The zero-order valence-corrected chi connectivity index (χ0v) is 9.26. The lowest BCUT2D eigenvalue weighted by Gasteiger charge is -2.15. The van der Waals surface area contributed by atoms with Crippen LogP contribution in [0.5, 0.6) is 11.5 Å². The van der Waals surface area contributed by atoms with Gasteiger partial charge in [0.15, 0.2) is 11.5 Å². The fourth-order valence-electron chi connectivity index (χ4n) is 1.30. The van der Waals surface area contributed by atoms with E-state index in [1.54, 1.807) is 26.4 Å². The van der Waals surface area contributed by atoms with Crippen molar-refractivity contribution in [1.82, 2.24) is 0 Å². The van der Waals surface area contributed by atoms with Crippen LogP contribution < -0.4 is 15.2 Å². The van der Waals surface area contributed by atoms with E-state index < -0.39 is 0 Å². The summed E-state index contributed by atoms with van der Waals surface area (Å²) >= 11 is 5.91. The van der Waals surface area contributed by atoms with Crippen molar-refractivity contribution in [3.63, 3.8) is 0 Å². The molecule has 14 heavy (non-hydrogen) atoms. The van der Waals surface area contributed by atoms with Crippen molar-refractivity contribution >= 4 is 11.6 Å². The normalized spacial score (nSPS) is 12.4. The Morgan fingerprint density at radius 2 is 1.93 bits per heavy atom. The molecule has 0 heterocycles. The SMILES string of the molecule is COc1cc(Cl)cc(C(C)N)c1OC. The van der Waals surface area contributed by atoms with Gasteiger partial charge < -0.3 is 15.2 Å². The third-order valence-electron chi connectivity index (χ3n) is 1.96. The van der Waals surface area contributed by atoms with Crippen molar-refractivity contribution in [1.29, 1.82) is 0 Å². The molecule has 1 aromatic rings. The molecule has 0 radical (unpaired) electrons. The molecule has 1 atom stereocenters. The standard InChI is InChI=1S/C10H14ClNO2/c1-6(12)8-4-7(11)5-9(13-2)10(8)14-3/h4-6H,12H2,1-3H3. The van der Waals surface area contributed by atoms with Gasteiger partial charge in [-0.1, -0.05) is 11.6 Å². The van der Waals surface area contributed by atoms with E-state index in [1.807, 2.05) is 6.92 Å². The van der Waals surface area contributed by atoms with Gasteiger partial charge in [0.1, 0.15) is 0 Å². The molecule has 0 aromatic heterocycles. The Labute approximate surface area is 88.8 Å². The largest absolute Gasteiger partial charge is 0.493 e. The molecule has 3 nitrogen and oxygen atoms in total. The van der Waals surface area contributed by atoms with Gasteiger partial charge in [-0.25, -0.2) is 0 Å². The molecule has 0 saturated heterocycles. The van der Waals surface area contributed by atoms with Gasteiger partial charge in [-0.15, -0.1) is 0 Å². The summed E-state index contributed by atoms with van der Waals surface area (Å²) in [6.07, 6.45) is 0. The van der Waals surface area contributed by atoms with Crippen molar-refractivity contribution in [2.45, 2.75) is 13.0 Å². The smallest absolute Gasteiger partial charge is 0.165 e. The summed E-state index contributed by atoms with van der Waals surface area (Å²) in [6, 6.07) is 3.34. The lowest BCUT2D eigenvalue weighted by atomic mass is 10.1. The maximum Gasteiger partial charge on any atom is 0.165 e. The minimum Gasteiger partial charge on any atom is -0.493 e. The summed E-state index contributed by atoms with van der Waals surface area (Å²) in [7, 11) is 3.15. The van der Waals surface area contributed by atoms with Crippen LogP contribution in [0.3, 0.4) is 0 Å². The highest BCUT2D eigenvalue weighted by molar-refractivity contribution is 6.30. The second-order valence-electron chi connectivity index (χ2n) is 3.02. The van der Waals surface area contributed by atoms with E-state index in [9.17, 15) is 0 Å². The van der Waals surface area contributed by atoms with Gasteiger partial charge >= 0.3 is 0 Å². The fraction of sp³-hybridized carbons (Fsp3) is 0.400. The molecule has 0 saturated carbocycles. The van der Waals surface area contributed by atoms with Crippen molar-refractivity contribution in [3.05, 3.63) is 22.7 Å². The first kappa shape index (κ1) is 11.1. The second-order valence-corrected chi connectivity index (χ2v) is 3.46. The summed E-state index contributed by atoms with van der Waals surface area (Å²) in [6.45, 7) is 1.87. The molecule has 4 heteroatoms. The first-order valence-corrected chi connectivity index (χ1v) is 4.65. The second kappa shape index (κ2) is 4.53. The number of nitrogens with two attached hydrogens (primary N) is 1. The van der Waals surface area contributed by atoms with E-state index in [0.29, 0.717) is 16.5 Å². The van der Waals surface area contributed by atoms with Crippen LogP contribution in [0, 0.1) is 0 Å². The molecule has 0 amide bonds. The van der Waals surface area contributed by atoms with Crippen LogP contribution in [-0.4, -0.2) is 14.2 Å². The Bertz CT molecular complexity index is 326. The molecule has 1 rings (SSSR count). The van der Waals surface area contributed by atoms with Gasteiger partial charge in [0, 0.05) is 22.7 Å². The fourth-order valence-corrected chi connectivity index (χ4v) is 1.51. The number of rotatable bonds is 3. The van der Waals surface area contributed by atoms with E-state index in [0.717, 1.165) is 5.56 Å². The quantitative estimate of drug-likeness (QED) is 0.842. The van der Waals surface area contributed by atoms with Crippen molar-refractivity contribution in [2.24, 2.45) is 5.73 Å². The number of hydrogen-bond acceptors (Lipinski definition) is 3. The minimum atomic E-state index is -0.141. The Morgan fingerprint density at radius 3 is 2.36 bits per heavy atom. The summed E-state index contributed by atoms with van der Waals surface area (Å²) in [4.78, 5) is 0. The highest BCUT2D eigenvalue weighted by atomic mass is 35.5. The van der Waals surface area contributed by atoms with E-state index in [4.69, 9.17) is 26.8 Å². The Kier molecular flexibility index (Phi) is 3.61. The maximum atomic E-state index is 5.91. The molecule has 0 bridgehead atoms. The highest BCUT2D eigenvalue weighted by Crippen LogP contribution is 2.36. The molecular weight excluding hydrogens is 202 g/mol. The molecule has 0 aliphatic rings. The molecule has 0 fully saturated rings. The van der Waals surface area contributed by atoms with Crippen LogP contribution in [0.25, 0.3) is 0 Å². The lowest BCUT2D eigenvalue weighted by molar-refractivity contribution is 0.350. The number of halogens is 1. The minimum absolute atomic E-state index is 0.141. The van der Waals surface area contributed by atoms with Crippen LogP contribution >= 0.6 is 11.6 Å². The highest BCUT2D eigenvalue weighted by Gasteiger charge is 2.14. The van der Waals surface area contributed by atoms with Crippen LogP contribution in [0.2, 0.25) is 5.02 Å². The average Bonchev–Trinajstić information content (AvgIpc) is 2.16. The van der Waals surface area contributed by atoms with E-state index >= 15 is 0 Å². The Hall–Kier alpha value is -0.930. The van der Waals surface area contributed by atoms with Crippen LogP contribution in [0.1, 0.15) is 18.5 Å². The van der Waals surface area contributed by atoms with Gasteiger partial charge in [-0.3, -0.25) is 0 Å². The van der Waals surface area contributed by atoms with Crippen LogP contribution in [0.4, 0.5) is 0 Å². The molecule has 0 aliphatic heterocycles. The van der Waals surface area contributed by atoms with Gasteiger partial charge in [-0.05, 0) is 13.0 Å². The predicted octanol–water partition coefficient (Wildman–Crippen LogP) is 2.38. The number of hydrogen-bond donors (Lipinski definition) is 1. The van der Waals surface area contributed by atoms with Gasteiger partial charge in [0.25, 0.3) is 0 Å². The summed E-state index contributed by atoms with van der Waals surface area (Å²) in [5.41, 5.74) is 6.63. The summed E-state index contributed by atoms with van der Waals surface area (Å²) < 4.78 is 10.4. The van der Waals surface area contributed by atoms with Crippen LogP contribution in [0.15, 0.2) is 12.1 Å². The first-order valence-electron chi connectivity index (χ1n) is 4.27. The van der Waals surface area contributed by atoms with E-state index in [-0.39, 0.29) is 6.04 Å². The van der Waals surface area contributed by atoms with Crippen molar-refractivity contribution in [2.75, 3.05) is 14.2 Å². The Balaban J connectivity index is 3.31. The molecule has 78 valence electrons. The lowest BCUT2D eigenvalue weighted by Crippen LogP contribution is -2.07. The first-order chi connectivity index (χ1) is 6.60. The van der Waals surface area contributed by atoms with Gasteiger partial charge in [-0.2, -0.15) is 0 Å². The maximum absolute atomic E-state index is 5.91. The number of benzene rings is 1. The van der Waals surface area contributed by atoms with Gasteiger partial charge in [0.2, 0.25) is 0 Å². The zero-order chi connectivity index (χ0) is 10.7. The average molecular weight is 216 g/mol. The van der Waals surface area contributed by atoms with Gasteiger partial charge in [0.05, 0.1) is 14.2 Å².